The van der Waals surface area contributed by atoms with E-state index in [1.165, 1.54) is 5.56 Å². The van der Waals surface area contributed by atoms with Gasteiger partial charge in [-0.1, -0.05) is 42.5 Å². The van der Waals surface area contributed by atoms with Crippen molar-refractivity contribution in [2.24, 2.45) is 0 Å². The van der Waals surface area contributed by atoms with Gasteiger partial charge in [0, 0.05) is 18.6 Å². The maximum atomic E-state index is 10.1. The largest absolute Gasteiger partial charge is 0.506 e. The molecule has 20 heavy (non-hydrogen) atoms. The van der Waals surface area contributed by atoms with Crippen LogP contribution in [0.2, 0.25) is 0 Å². The van der Waals surface area contributed by atoms with Gasteiger partial charge in [-0.2, -0.15) is 0 Å². The van der Waals surface area contributed by atoms with Crippen LogP contribution in [-0.2, 0) is 4.74 Å². The van der Waals surface area contributed by atoms with Crippen LogP contribution in [0.5, 0.6) is 5.75 Å². The number of hydrogen-bond acceptors (Lipinski definition) is 3. The molecule has 2 N–H and O–H groups in total. The normalized spacial score (nSPS) is 21.1. The van der Waals surface area contributed by atoms with Crippen LogP contribution in [0, 0.1) is 0 Å². The number of benzene rings is 2. The lowest BCUT2D eigenvalue weighted by atomic mass is 9.91. The van der Waals surface area contributed by atoms with Gasteiger partial charge in [0.25, 0.3) is 0 Å². The van der Waals surface area contributed by atoms with Gasteiger partial charge in [0.15, 0.2) is 0 Å². The van der Waals surface area contributed by atoms with Crippen LogP contribution in [-0.4, -0.2) is 11.7 Å². The molecule has 1 aliphatic rings. The van der Waals surface area contributed by atoms with Gasteiger partial charge in [0.1, 0.15) is 5.75 Å². The zero-order valence-electron chi connectivity index (χ0n) is 11.5. The number of anilines is 1. The molecule has 104 valence electrons. The van der Waals surface area contributed by atoms with E-state index in [9.17, 15) is 5.11 Å². The minimum atomic E-state index is 0.0218. The quantitative estimate of drug-likeness (QED) is 0.827. The predicted octanol–water partition coefficient (Wildman–Crippen LogP) is 4.03. The second-order valence-electron chi connectivity index (χ2n) is 5.03. The number of fused-ring (bicyclic) bond motifs is 1. The van der Waals surface area contributed by atoms with E-state index in [0.717, 1.165) is 17.7 Å². The molecule has 0 aliphatic carbocycles. The fraction of sp³-hybridized carbons (Fsp3) is 0.294. The number of phenols is 1. The number of ether oxygens (including phenoxy) is 1. The highest BCUT2D eigenvalue weighted by atomic mass is 16.5. The Labute approximate surface area is 119 Å². The van der Waals surface area contributed by atoms with Gasteiger partial charge in [-0.05, 0) is 18.6 Å². The Morgan fingerprint density at radius 1 is 1.15 bits per heavy atom. The van der Waals surface area contributed by atoms with Crippen LogP contribution in [0.25, 0.3) is 0 Å². The van der Waals surface area contributed by atoms with Gasteiger partial charge in [0.2, 0.25) is 0 Å². The number of rotatable bonds is 3. The second kappa shape index (κ2) is 5.55. The van der Waals surface area contributed by atoms with Crippen LogP contribution in [0.15, 0.2) is 48.5 Å². The molecular formula is C17H19NO2. The van der Waals surface area contributed by atoms with Gasteiger partial charge in [0.05, 0.1) is 17.8 Å². The molecule has 2 aromatic carbocycles. The highest BCUT2D eigenvalue weighted by molar-refractivity contribution is 5.64. The highest BCUT2D eigenvalue weighted by Crippen LogP contribution is 2.44. The summed E-state index contributed by atoms with van der Waals surface area (Å²) in [5, 5.41) is 13.5. The first kappa shape index (κ1) is 13.0. The molecule has 1 heterocycles. The fourth-order valence-electron chi connectivity index (χ4n) is 2.82. The molecule has 2 aromatic rings. The summed E-state index contributed by atoms with van der Waals surface area (Å²) in [6.07, 6.45) is 0.891. The molecule has 0 saturated carbocycles. The van der Waals surface area contributed by atoms with Crippen molar-refractivity contribution >= 4 is 5.69 Å². The van der Waals surface area contributed by atoms with Crippen LogP contribution in [0.1, 0.15) is 36.6 Å². The molecule has 1 aliphatic heterocycles. The van der Waals surface area contributed by atoms with Crippen LogP contribution in [0.3, 0.4) is 0 Å². The number of nitrogens with one attached hydrogen (secondary N) is 1. The average Bonchev–Trinajstić information content (AvgIpc) is 2.49. The van der Waals surface area contributed by atoms with Gasteiger partial charge in [-0.15, -0.1) is 0 Å². The van der Waals surface area contributed by atoms with Crippen LogP contribution >= 0.6 is 0 Å². The minimum absolute atomic E-state index is 0.0218. The first-order valence-corrected chi connectivity index (χ1v) is 7.04. The second-order valence-corrected chi connectivity index (χ2v) is 5.03. The van der Waals surface area contributed by atoms with E-state index in [2.05, 4.69) is 17.4 Å². The maximum Gasteiger partial charge on any atom is 0.139 e. The van der Waals surface area contributed by atoms with Crippen molar-refractivity contribution in [3.63, 3.8) is 0 Å². The number of phenolic OH excluding ortho intramolecular Hbond substituents is 1. The highest BCUT2D eigenvalue weighted by Gasteiger charge is 2.29. The van der Waals surface area contributed by atoms with E-state index in [4.69, 9.17) is 4.74 Å². The SMILES string of the molecule is CCOC1CC(c2ccccc2)Nc2c(O)cccc21. The molecule has 0 spiro atoms. The van der Waals surface area contributed by atoms with Crippen molar-refractivity contribution < 1.29 is 9.84 Å². The Morgan fingerprint density at radius 2 is 1.95 bits per heavy atom. The Morgan fingerprint density at radius 3 is 2.70 bits per heavy atom. The summed E-state index contributed by atoms with van der Waals surface area (Å²) in [5.41, 5.74) is 3.05. The van der Waals surface area contributed by atoms with Crippen molar-refractivity contribution in [1.82, 2.24) is 0 Å². The van der Waals surface area contributed by atoms with E-state index in [1.807, 2.05) is 37.3 Å². The molecule has 0 bridgehead atoms. The van der Waals surface area contributed by atoms with E-state index >= 15 is 0 Å². The lowest BCUT2D eigenvalue weighted by Crippen LogP contribution is -2.23. The molecule has 0 fully saturated rings. The Bertz CT molecular complexity index is 583. The van der Waals surface area contributed by atoms with Crippen molar-refractivity contribution in [1.29, 1.82) is 0 Å². The van der Waals surface area contributed by atoms with E-state index in [1.54, 1.807) is 6.07 Å². The molecule has 3 nitrogen and oxygen atoms in total. The third-order valence-corrected chi connectivity index (χ3v) is 3.76. The molecule has 3 rings (SSSR count). The lowest BCUT2D eigenvalue weighted by Gasteiger charge is -2.33. The number of hydrogen-bond donors (Lipinski definition) is 2. The summed E-state index contributed by atoms with van der Waals surface area (Å²) in [6.45, 7) is 2.67. The first-order chi connectivity index (χ1) is 9.79. The van der Waals surface area contributed by atoms with Gasteiger partial charge >= 0.3 is 0 Å². The van der Waals surface area contributed by atoms with Crippen LogP contribution < -0.4 is 5.32 Å². The smallest absolute Gasteiger partial charge is 0.139 e. The van der Waals surface area contributed by atoms with Crippen molar-refractivity contribution in [3.05, 3.63) is 59.7 Å². The summed E-state index contributed by atoms with van der Waals surface area (Å²) >= 11 is 0. The first-order valence-electron chi connectivity index (χ1n) is 7.04. The van der Waals surface area contributed by atoms with E-state index in [-0.39, 0.29) is 17.9 Å². The van der Waals surface area contributed by atoms with Crippen molar-refractivity contribution in [2.45, 2.75) is 25.5 Å². The zero-order valence-corrected chi connectivity index (χ0v) is 11.5. The molecular weight excluding hydrogens is 250 g/mol. The van der Waals surface area contributed by atoms with E-state index in [0.29, 0.717) is 6.61 Å². The Hall–Kier alpha value is -2.00. The Kier molecular flexibility index (Phi) is 3.61. The monoisotopic (exact) mass is 269 g/mol. The fourth-order valence-corrected chi connectivity index (χ4v) is 2.82. The average molecular weight is 269 g/mol. The molecule has 3 heteroatoms. The predicted molar refractivity (Wildman–Crippen MR) is 79.9 cm³/mol. The topological polar surface area (TPSA) is 41.5 Å². The minimum Gasteiger partial charge on any atom is -0.506 e. The molecule has 0 saturated heterocycles. The van der Waals surface area contributed by atoms with Crippen molar-refractivity contribution in [3.8, 4) is 5.75 Å². The zero-order chi connectivity index (χ0) is 13.9. The van der Waals surface area contributed by atoms with Gasteiger partial charge in [-0.3, -0.25) is 0 Å². The van der Waals surface area contributed by atoms with Crippen molar-refractivity contribution in [2.75, 3.05) is 11.9 Å². The summed E-state index contributed by atoms with van der Waals surface area (Å²) in [7, 11) is 0. The van der Waals surface area contributed by atoms with Gasteiger partial charge < -0.3 is 15.2 Å². The summed E-state index contributed by atoms with van der Waals surface area (Å²) in [5.74, 6) is 0.285. The molecule has 2 atom stereocenters. The number of aromatic hydroxyl groups is 1. The molecule has 0 radical (unpaired) electrons. The van der Waals surface area contributed by atoms with E-state index < -0.39 is 0 Å². The standard InChI is InChI=1S/C17H19NO2/c1-2-20-16-11-14(12-7-4-3-5-8-12)18-17-13(16)9-6-10-15(17)19/h3-10,14,16,18-19H,2,11H2,1H3. The molecule has 2 unspecified atom stereocenters. The Balaban J connectivity index is 1.98. The van der Waals surface area contributed by atoms with Gasteiger partial charge in [-0.25, -0.2) is 0 Å². The summed E-state index contributed by atoms with van der Waals surface area (Å²) < 4.78 is 5.86. The summed E-state index contributed by atoms with van der Waals surface area (Å²) in [4.78, 5) is 0. The molecule has 0 amide bonds. The third kappa shape index (κ3) is 2.37. The lowest BCUT2D eigenvalue weighted by molar-refractivity contribution is 0.0497. The summed E-state index contributed by atoms with van der Waals surface area (Å²) in [6, 6.07) is 16.0. The molecule has 0 aromatic heterocycles. The van der Waals surface area contributed by atoms with Crippen LogP contribution in [0.4, 0.5) is 5.69 Å². The maximum absolute atomic E-state index is 10.1. The third-order valence-electron chi connectivity index (χ3n) is 3.76. The number of para-hydroxylation sites is 1.